The van der Waals surface area contributed by atoms with Gasteiger partial charge in [-0.1, -0.05) is 22.0 Å². The van der Waals surface area contributed by atoms with Gasteiger partial charge in [0.1, 0.15) is 23.0 Å². The van der Waals surface area contributed by atoms with Gasteiger partial charge in [0.25, 0.3) is 0 Å². The van der Waals surface area contributed by atoms with Crippen molar-refractivity contribution in [3.63, 3.8) is 0 Å². The third-order valence-electron chi connectivity index (χ3n) is 3.11. The Balaban J connectivity index is 2.10. The van der Waals surface area contributed by atoms with Crippen LogP contribution in [0.15, 0.2) is 51.4 Å². The van der Waals surface area contributed by atoms with Gasteiger partial charge in [-0.05, 0) is 36.4 Å². The zero-order valence-electron chi connectivity index (χ0n) is 10.2. The van der Waals surface area contributed by atoms with Crippen molar-refractivity contribution >= 4 is 26.9 Å². The van der Waals surface area contributed by atoms with E-state index in [1.54, 1.807) is 18.2 Å². The minimum Gasteiger partial charge on any atom is -0.459 e. The van der Waals surface area contributed by atoms with Crippen LogP contribution in [0.1, 0.15) is 17.4 Å². The predicted molar refractivity (Wildman–Crippen MR) is 76.3 cm³/mol. The van der Waals surface area contributed by atoms with Crippen molar-refractivity contribution in [2.75, 3.05) is 0 Å². The van der Waals surface area contributed by atoms with Crippen LogP contribution < -0.4 is 5.73 Å². The van der Waals surface area contributed by atoms with Crippen LogP contribution in [0.5, 0.6) is 0 Å². The van der Waals surface area contributed by atoms with Crippen molar-refractivity contribution in [3.8, 4) is 0 Å². The van der Waals surface area contributed by atoms with E-state index in [4.69, 9.17) is 10.2 Å². The van der Waals surface area contributed by atoms with Gasteiger partial charge >= 0.3 is 0 Å². The molecule has 2 aromatic carbocycles. The molecule has 5 heteroatoms. The second-order valence-electron chi connectivity index (χ2n) is 4.44. The molecule has 0 saturated carbocycles. The lowest BCUT2D eigenvalue weighted by atomic mass is 10.0. The first-order valence-corrected chi connectivity index (χ1v) is 6.74. The number of furan rings is 1. The molecule has 0 bridgehead atoms. The first kappa shape index (κ1) is 13.3. The van der Waals surface area contributed by atoms with E-state index in [0.29, 0.717) is 26.8 Å². The van der Waals surface area contributed by atoms with Crippen molar-refractivity contribution in [1.82, 2.24) is 0 Å². The molecule has 0 aliphatic carbocycles. The van der Waals surface area contributed by atoms with Crippen LogP contribution in [0.2, 0.25) is 0 Å². The smallest absolute Gasteiger partial charge is 0.134 e. The number of nitrogens with two attached hydrogens (primary N) is 1. The van der Waals surface area contributed by atoms with E-state index in [9.17, 15) is 8.78 Å². The molecule has 1 aromatic heterocycles. The molecule has 0 aliphatic rings. The highest BCUT2D eigenvalue weighted by molar-refractivity contribution is 9.10. The van der Waals surface area contributed by atoms with E-state index in [-0.39, 0.29) is 5.82 Å². The lowest BCUT2D eigenvalue weighted by molar-refractivity contribution is 0.508. The van der Waals surface area contributed by atoms with E-state index >= 15 is 0 Å². The molecule has 3 aromatic rings. The molecule has 1 heterocycles. The lowest BCUT2D eigenvalue weighted by Gasteiger charge is -2.12. The minimum atomic E-state index is -0.763. The molecule has 2 nitrogen and oxygen atoms in total. The number of rotatable bonds is 2. The molecule has 3 rings (SSSR count). The van der Waals surface area contributed by atoms with E-state index in [1.807, 2.05) is 0 Å². The zero-order valence-corrected chi connectivity index (χ0v) is 11.8. The summed E-state index contributed by atoms with van der Waals surface area (Å²) in [6, 6.07) is 9.68. The third-order valence-corrected chi connectivity index (χ3v) is 3.81. The topological polar surface area (TPSA) is 39.2 Å². The largest absolute Gasteiger partial charge is 0.459 e. The molecule has 102 valence electrons. The molecule has 0 amide bonds. The van der Waals surface area contributed by atoms with E-state index < -0.39 is 11.9 Å². The fourth-order valence-electron chi connectivity index (χ4n) is 2.14. The van der Waals surface area contributed by atoms with Crippen LogP contribution in [-0.4, -0.2) is 0 Å². The second-order valence-corrected chi connectivity index (χ2v) is 5.30. The minimum absolute atomic E-state index is 0.312. The number of benzene rings is 2. The molecular formula is C15H10BrF2NO. The fourth-order valence-corrected chi connectivity index (χ4v) is 2.73. The maximum atomic E-state index is 13.9. The Morgan fingerprint density at radius 2 is 1.90 bits per heavy atom. The Kier molecular flexibility index (Phi) is 3.31. The summed E-state index contributed by atoms with van der Waals surface area (Å²) in [6.07, 6.45) is 0. The molecule has 0 fully saturated rings. The second kappa shape index (κ2) is 5.00. The zero-order chi connectivity index (χ0) is 14.3. The van der Waals surface area contributed by atoms with Crippen LogP contribution in [0, 0.1) is 11.6 Å². The Labute approximate surface area is 122 Å². The van der Waals surface area contributed by atoms with Gasteiger partial charge in [0.05, 0.1) is 6.04 Å². The van der Waals surface area contributed by atoms with Gasteiger partial charge in [-0.2, -0.15) is 0 Å². The number of halogens is 3. The van der Waals surface area contributed by atoms with E-state index in [2.05, 4.69) is 15.9 Å². The highest BCUT2D eigenvalue weighted by Crippen LogP contribution is 2.32. The summed E-state index contributed by atoms with van der Waals surface area (Å²) in [6.45, 7) is 0. The number of hydrogen-bond donors (Lipinski definition) is 1. The molecule has 0 saturated heterocycles. The first-order valence-electron chi connectivity index (χ1n) is 5.95. The summed E-state index contributed by atoms with van der Waals surface area (Å²) < 4.78 is 33.2. The van der Waals surface area contributed by atoms with Crippen molar-refractivity contribution < 1.29 is 13.2 Å². The molecule has 20 heavy (non-hydrogen) atoms. The van der Waals surface area contributed by atoms with Gasteiger partial charge in [-0.25, -0.2) is 8.78 Å². The average Bonchev–Trinajstić information content (AvgIpc) is 2.81. The lowest BCUT2D eigenvalue weighted by Crippen LogP contribution is -2.13. The van der Waals surface area contributed by atoms with Crippen LogP contribution in [0.25, 0.3) is 11.0 Å². The summed E-state index contributed by atoms with van der Waals surface area (Å²) in [5.74, 6) is -0.389. The maximum Gasteiger partial charge on any atom is 0.134 e. The van der Waals surface area contributed by atoms with Crippen molar-refractivity contribution in [3.05, 3.63) is 69.9 Å². The Hall–Kier alpha value is -1.72. The molecule has 0 radical (unpaired) electrons. The normalized spacial score (nSPS) is 12.8. The van der Waals surface area contributed by atoms with Gasteiger partial charge < -0.3 is 10.2 Å². The highest BCUT2D eigenvalue weighted by atomic mass is 79.9. The van der Waals surface area contributed by atoms with Gasteiger partial charge in [-0.15, -0.1) is 0 Å². The van der Waals surface area contributed by atoms with Gasteiger partial charge in [0, 0.05) is 15.4 Å². The van der Waals surface area contributed by atoms with Crippen LogP contribution in [0.4, 0.5) is 8.78 Å². The fraction of sp³-hybridized carbons (Fsp3) is 0.0667. The molecular weight excluding hydrogens is 328 g/mol. The van der Waals surface area contributed by atoms with Crippen molar-refractivity contribution in [2.24, 2.45) is 5.73 Å². The Morgan fingerprint density at radius 3 is 2.65 bits per heavy atom. The number of fused-ring (bicyclic) bond motifs is 1. The molecule has 2 N–H and O–H groups in total. The quantitative estimate of drug-likeness (QED) is 0.746. The first-order chi connectivity index (χ1) is 9.56. The maximum absolute atomic E-state index is 13.9. The molecule has 0 aliphatic heterocycles. The van der Waals surface area contributed by atoms with Crippen LogP contribution in [0.3, 0.4) is 0 Å². The molecule has 1 unspecified atom stereocenters. The van der Waals surface area contributed by atoms with Gasteiger partial charge in [0.15, 0.2) is 0 Å². The Bertz CT molecular complexity index is 764. The summed E-state index contributed by atoms with van der Waals surface area (Å²) in [5.41, 5.74) is 6.89. The van der Waals surface area contributed by atoms with Crippen LogP contribution >= 0.6 is 15.9 Å². The SMILES string of the molecule is NC(c1cc2cc(F)ccc2o1)c1c(F)cccc1Br. The standard InChI is InChI=1S/C15H10BrF2NO/c16-10-2-1-3-11(18)14(10)15(19)13-7-8-6-9(17)4-5-12(8)20-13/h1-7,15H,19H2. The summed E-state index contributed by atoms with van der Waals surface area (Å²) in [4.78, 5) is 0. The monoisotopic (exact) mass is 337 g/mol. The van der Waals surface area contributed by atoms with E-state index in [1.165, 1.54) is 24.3 Å². The van der Waals surface area contributed by atoms with Crippen molar-refractivity contribution in [1.29, 1.82) is 0 Å². The summed E-state index contributed by atoms with van der Waals surface area (Å²) in [7, 11) is 0. The summed E-state index contributed by atoms with van der Waals surface area (Å²) >= 11 is 3.28. The molecule has 0 spiro atoms. The predicted octanol–water partition coefficient (Wildman–Crippen LogP) is 4.52. The third kappa shape index (κ3) is 2.23. The molecule has 1 atom stereocenters. The highest BCUT2D eigenvalue weighted by Gasteiger charge is 2.20. The van der Waals surface area contributed by atoms with Gasteiger partial charge in [-0.3, -0.25) is 0 Å². The Morgan fingerprint density at radius 1 is 1.10 bits per heavy atom. The van der Waals surface area contributed by atoms with Gasteiger partial charge in [0.2, 0.25) is 0 Å². The van der Waals surface area contributed by atoms with E-state index in [0.717, 1.165) is 0 Å². The van der Waals surface area contributed by atoms with Crippen molar-refractivity contribution in [2.45, 2.75) is 6.04 Å². The van der Waals surface area contributed by atoms with Crippen LogP contribution in [-0.2, 0) is 0 Å². The summed E-state index contributed by atoms with van der Waals surface area (Å²) in [5, 5.41) is 0.600. The average molecular weight is 338 g/mol. The number of hydrogen-bond acceptors (Lipinski definition) is 2.